The number of rotatable bonds is 3. The Kier molecular flexibility index (Phi) is 31.7. The van der Waals surface area contributed by atoms with Crippen LogP contribution < -0.4 is 0 Å². The highest BCUT2D eigenvalue weighted by molar-refractivity contribution is 4.96. The van der Waals surface area contributed by atoms with Gasteiger partial charge in [-0.05, 0) is 12.3 Å². The van der Waals surface area contributed by atoms with E-state index in [9.17, 15) is 0 Å². The molecule has 13 heavy (non-hydrogen) atoms. The zero-order valence-electron chi connectivity index (χ0n) is 10.4. The Morgan fingerprint density at radius 1 is 1.15 bits per heavy atom. The molecule has 0 nitrogen and oxygen atoms in total. The molecule has 0 radical (unpaired) electrons. The van der Waals surface area contributed by atoms with Crippen LogP contribution in [0.5, 0.6) is 0 Å². The first-order chi connectivity index (χ1) is 6.18. The van der Waals surface area contributed by atoms with Gasteiger partial charge >= 0.3 is 0 Å². The van der Waals surface area contributed by atoms with Crippen molar-refractivity contribution in [1.29, 1.82) is 0 Å². The molecule has 0 heterocycles. The van der Waals surface area contributed by atoms with Crippen molar-refractivity contribution in [1.82, 2.24) is 0 Å². The van der Waals surface area contributed by atoms with E-state index in [0.717, 1.165) is 12.3 Å². The van der Waals surface area contributed by atoms with Gasteiger partial charge in [0.25, 0.3) is 0 Å². The maximum Gasteiger partial charge on any atom is -0.0376 e. The average Bonchev–Trinajstić information content (AvgIpc) is 2.18. The van der Waals surface area contributed by atoms with Gasteiger partial charge in [0, 0.05) is 0 Å². The summed E-state index contributed by atoms with van der Waals surface area (Å²) >= 11 is 0. The topological polar surface area (TPSA) is 0 Å². The van der Waals surface area contributed by atoms with Crippen molar-refractivity contribution in [3.63, 3.8) is 0 Å². The van der Waals surface area contributed by atoms with Gasteiger partial charge < -0.3 is 0 Å². The van der Waals surface area contributed by atoms with Gasteiger partial charge in [-0.1, -0.05) is 72.8 Å². The van der Waals surface area contributed by atoms with Crippen LogP contribution in [0.15, 0.2) is 24.8 Å². The Balaban J connectivity index is -0.000000131. The van der Waals surface area contributed by atoms with Crippen molar-refractivity contribution in [2.75, 3.05) is 0 Å². The van der Waals surface area contributed by atoms with E-state index in [1.54, 1.807) is 6.08 Å². The average molecular weight is 184 g/mol. The molecule has 0 aromatic carbocycles. The molecule has 0 unspecified atom stereocenters. The van der Waals surface area contributed by atoms with Crippen molar-refractivity contribution in [2.45, 2.75) is 54.4 Å². The lowest BCUT2D eigenvalue weighted by Gasteiger charge is -1.90. The zero-order chi connectivity index (χ0) is 11.1. The Morgan fingerprint density at radius 2 is 1.54 bits per heavy atom. The normalized spacial score (nSPS) is 8.54. The molecule has 0 amide bonds. The van der Waals surface area contributed by atoms with E-state index in [1.807, 2.05) is 19.9 Å². The van der Waals surface area contributed by atoms with Gasteiger partial charge in [-0.2, -0.15) is 0 Å². The van der Waals surface area contributed by atoms with Gasteiger partial charge in [-0.25, -0.2) is 0 Å². The van der Waals surface area contributed by atoms with E-state index in [-0.39, 0.29) is 0 Å². The minimum Gasteiger partial charge on any atom is -0.0991 e. The molecule has 0 N–H and O–H groups in total. The molecule has 0 aromatic heterocycles. The second-order valence-corrected chi connectivity index (χ2v) is 2.87. The summed E-state index contributed by atoms with van der Waals surface area (Å²) in [6.45, 7) is 16.3. The molecule has 80 valence electrons. The van der Waals surface area contributed by atoms with Crippen LogP contribution in [0.2, 0.25) is 0 Å². The van der Waals surface area contributed by atoms with Crippen LogP contribution in [0.4, 0.5) is 0 Å². The molecule has 0 bridgehead atoms. The zero-order valence-corrected chi connectivity index (χ0v) is 10.4. The monoisotopic (exact) mass is 184 g/mol. The van der Waals surface area contributed by atoms with Crippen molar-refractivity contribution in [3.05, 3.63) is 24.8 Å². The first-order valence-electron chi connectivity index (χ1n) is 5.46. The fraction of sp³-hybridized carbons (Fsp3) is 0.692. The van der Waals surface area contributed by atoms with Crippen LogP contribution in [0.25, 0.3) is 0 Å². The third kappa shape index (κ3) is 51.4. The van der Waals surface area contributed by atoms with Crippen molar-refractivity contribution in [2.24, 2.45) is 5.92 Å². The second-order valence-electron chi connectivity index (χ2n) is 2.87. The van der Waals surface area contributed by atoms with Gasteiger partial charge in [0.05, 0.1) is 0 Å². The van der Waals surface area contributed by atoms with Crippen molar-refractivity contribution >= 4 is 0 Å². The fourth-order valence-electron chi connectivity index (χ4n) is 0.232. The molecule has 0 fully saturated rings. The van der Waals surface area contributed by atoms with Gasteiger partial charge in [-0.3, -0.25) is 0 Å². The first kappa shape index (κ1) is 18.3. The highest BCUT2D eigenvalue weighted by atomic mass is 13.9. The van der Waals surface area contributed by atoms with E-state index in [2.05, 4.69) is 40.3 Å². The summed E-state index contributed by atoms with van der Waals surface area (Å²) < 4.78 is 0. The van der Waals surface area contributed by atoms with Gasteiger partial charge in [0.2, 0.25) is 0 Å². The standard InChI is InChI=1S/C6H10.C5H12.C2H6/c1-3-5-6-4-2;1-4-5(2)3;1-2/h3,5-6H,1,4H2,2H3;5H,4H2,1-3H3;1-2H3/b6-5-;;. The summed E-state index contributed by atoms with van der Waals surface area (Å²) in [4.78, 5) is 0. The molecule has 0 rings (SSSR count). The summed E-state index contributed by atoms with van der Waals surface area (Å²) in [6.07, 6.45) is 8.20. The highest BCUT2D eigenvalue weighted by Gasteiger charge is 1.80. The third-order valence-electron chi connectivity index (χ3n) is 1.32. The molecular formula is C13H28. The second kappa shape index (κ2) is 22.5. The van der Waals surface area contributed by atoms with Crippen LogP contribution in [-0.2, 0) is 0 Å². The maximum absolute atomic E-state index is 3.51. The molecule has 0 aliphatic rings. The van der Waals surface area contributed by atoms with Crippen LogP contribution >= 0.6 is 0 Å². The lowest BCUT2D eigenvalue weighted by atomic mass is 10.2. The third-order valence-corrected chi connectivity index (χ3v) is 1.32. The molecule has 0 atom stereocenters. The summed E-state index contributed by atoms with van der Waals surface area (Å²) in [5, 5.41) is 0. The molecule has 0 aliphatic carbocycles. The SMILES string of the molecule is C=C/C=C\CC.CC.CCC(C)C. The van der Waals surface area contributed by atoms with Crippen LogP contribution in [0.1, 0.15) is 54.4 Å². The van der Waals surface area contributed by atoms with Crippen LogP contribution in [0.3, 0.4) is 0 Å². The molecular weight excluding hydrogens is 156 g/mol. The Morgan fingerprint density at radius 3 is 1.62 bits per heavy atom. The largest absolute Gasteiger partial charge is 0.0991 e. The first-order valence-corrected chi connectivity index (χ1v) is 5.46. The van der Waals surface area contributed by atoms with Crippen molar-refractivity contribution < 1.29 is 0 Å². The van der Waals surface area contributed by atoms with Gasteiger partial charge in [-0.15, -0.1) is 0 Å². The molecule has 0 aromatic rings. The van der Waals surface area contributed by atoms with Crippen LogP contribution in [-0.4, -0.2) is 0 Å². The lowest BCUT2D eigenvalue weighted by molar-refractivity contribution is 0.626. The van der Waals surface area contributed by atoms with E-state index < -0.39 is 0 Å². The molecule has 0 aliphatic heterocycles. The smallest absolute Gasteiger partial charge is 0.0376 e. The Labute approximate surface area is 85.8 Å². The summed E-state index contributed by atoms with van der Waals surface area (Å²) in [6, 6.07) is 0. The number of hydrogen-bond acceptors (Lipinski definition) is 0. The summed E-state index contributed by atoms with van der Waals surface area (Å²) in [7, 11) is 0. The minimum absolute atomic E-state index is 0.884. The van der Waals surface area contributed by atoms with E-state index in [1.165, 1.54) is 6.42 Å². The lowest BCUT2D eigenvalue weighted by Crippen LogP contribution is -1.77. The Hall–Kier alpha value is -0.520. The fourth-order valence-corrected chi connectivity index (χ4v) is 0.232. The summed E-state index contributed by atoms with van der Waals surface area (Å²) in [5.74, 6) is 0.884. The van der Waals surface area contributed by atoms with Crippen LogP contribution in [0, 0.1) is 5.92 Å². The van der Waals surface area contributed by atoms with E-state index in [4.69, 9.17) is 0 Å². The predicted octanol–water partition coefficient (Wildman–Crippen LogP) is 5.22. The van der Waals surface area contributed by atoms with Gasteiger partial charge in [0.15, 0.2) is 0 Å². The Bertz CT molecular complexity index is 88.2. The highest BCUT2D eigenvalue weighted by Crippen LogP contribution is 1.93. The van der Waals surface area contributed by atoms with Gasteiger partial charge in [0.1, 0.15) is 0 Å². The minimum atomic E-state index is 0.884. The van der Waals surface area contributed by atoms with E-state index >= 15 is 0 Å². The number of hydrogen-bond donors (Lipinski definition) is 0. The quantitative estimate of drug-likeness (QED) is 0.528. The molecule has 0 spiro atoms. The molecule has 0 heteroatoms. The number of allylic oxidation sites excluding steroid dienone is 3. The maximum atomic E-state index is 3.51. The molecule has 0 saturated heterocycles. The van der Waals surface area contributed by atoms with Crippen molar-refractivity contribution in [3.8, 4) is 0 Å². The summed E-state index contributed by atoms with van der Waals surface area (Å²) in [5.41, 5.74) is 0. The van der Waals surface area contributed by atoms with E-state index in [0.29, 0.717) is 0 Å². The molecule has 0 saturated carbocycles. The predicted molar refractivity (Wildman–Crippen MR) is 66.1 cm³/mol.